The molecule has 1 aliphatic heterocycles. The predicted octanol–water partition coefficient (Wildman–Crippen LogP) is 0.949. The smallest absolute Gasteiger partial charge is 0.227 e. The largest absolute Gasteiger partial charge is 0.353 e. The van der Waals surface area contributed by atoms with Crippen molar-refractivity contribution in [1.82, 2.24) is 29.6 Å². The van der Waals surface area contributed by atoms with Crippen LogP contribution in [-0.2, 0) is 11.2 Å². The van der Waals surface area contributed by atoms with Gasteiger partial charge in [-0.2, -0.15) is 5.10 Å². The van der Waals surface area contributed by atoms with Gasteiger partial charge in [-0.15, -0.1) is 0 Å². The second-order valence-electron chi connectivity index (χ2n) is 6.10. The van der Waals surface area contributed by atoms with Gasteiger partial charge in [0.15, 0.2) is 5.82 Å². The van der Waals surface area contributed by atoms with Crippen LogP contribution in [-0.4, -0.2) is 61.7 Å². The van der Waals surface area contributed by atoms with E-state index in [0.29, 0.717) is 25.3 Å². The zero-order chi connectivity index (χ0) is 17.8. The molecular formula is C18H19N7O. The summed E-state index contributed by atoms with van der Waals surface area (Å²) in [5.41, 5.74) is 1.05. The first-order valence-electron chi connectivity index (χ1n) is 8.53. The maximum atomic E-state index is 12.5. The lowest BCUT2D eigenvalue weighted by molar-refractivity contribution is -0.130. The van der Waals surface area contributed by atoms with E-state index < -0.39 is 0 Å². The van der Waals surface area contributed by atoms with Crippen LogP contribution in [0.4, 0.5) is 5.82 Å². The molecule has 3 aromatic rings. The molecule has 2 aromatic heterocycles. The van der Waals surface area contributed by atoms with E-state index in [9.17, 15) is 4.79 Å². The predicted molar refractivity (Wildman–Crippen MR) is 95.9 cm³/mol. The van der Waals surface area contributed by atoms with Gasteiger partial charge in [0, 0.05) is 32.2 Å². The van der Waals surface area contributed by atoms with Crippen molar-refractivity contribution < 1.29 is 4.79 Å². The molecule has 0 saturated carbocycles. The fourth-order valence-corrected chi connectivity index (χ4v) is 3.03. The number of carbonyl (C=O) groups excluding carboxylic acids is 1. The minimum absolute atomic E-state index is 0.168. The van der Waals surface area contributed by atoms with Crippen LogP contribution in [0, 0.1) is 0 Å². The Kier molecular flexibility index (Phi) is 4.55. The van der Waals surface area contributed by atoms with Crippen molar-refractivity contribution in [3.8, 4) is 5.82 Å². The van der Waals surface area contributed by atoms with E-state index >= 15 is 0 Å². The summed E-state index contributed by atoms with van der Waals surface area (Å²) in [6.07, 6.45) is 5.05. The van der Waals surface area contributed by atoms with E-state index in [0.717, 1.165) is 24.5 Å². The molecule has 1 fully saturated rings. The summed E-state index contributed by atoms with van der Waals surface area (Å²) in [4.78, 5) is 29.1. The van der Waals surface area contributed by atoms with Crippen molar-refractivity contribution in [2.75, 3.05) is 31.1 Å². The summed E-state index contributed by atoms with van der Waals surface area (Å²) < 4.78 is 1.60. The van der Waals surface area contributed by atoms with Gasteiger partial charge in [0.1, 0.15) is 24.8 Å². The number of anilines is 1. The van der Waals surface area contributed by atoms with Crippen LogP contribution in [0.3, 0.4) is 0 Å². The SMILES string of the molecule is O=C(Cc1ccccc1)N1CCN(c2cc(-n3cncn3)ncn2)CC1. The molecular weight excluding hydrogens is 330 g/mol. The molecule has 0 radical (unpaired) electrons. The number of aromatic nitrogens is 5. The van der Waals surface area contributed by atoms with Crippen molar-refractivity contribution in [2.45, 2.75) is 6.42 Å². The molecule has 0 atom stereocenters. The third-order valence-corrected chi connectivity index (χ3v) is 4.45. The standard InChI is InChI=1S/C18H19N7O/c26-18(10-15-4-2-1-3-5-15)24-8-6-23(7-9-24)16-11-17(21-13-20-16)25-14-19-12-22-25/h1-5,11-14H,6-10H2. The second-order valence-corrected chi connectivity index (χ2v) is 6.10. The maximum Gasteiger partial charge on any atom is 0.227 e. The molecule has 0 unspecified atom stereocenters. The van der Waals surface area contributed by atoms with Crippen LogP contribution in [0.5, 0.6) is 0 Å². The Labute approximate surface area is 151 Å². The van der Waals surface area contributed by atoms with Gasteiger partial charge in [0.25, 0.3) is 0 Å². The summed E-state index contributed by atoms with van der Waals surface area (Å²) in [7, 11) is 0. The molecule has 1 aliphatic rings. The Hall–Kier alpha value is -3.29. The zero-order valence-electron chi connectivity index (χ0n) is 14.3. The Morgan fingerprint density at radius 1 is 0.962 bits per heavy atom. The molecule has 0 spiro atoms. The molecule has 0 bridgehead atoms. The molecule has 1 aromatic carbocycles. The second kappa shape index (κ2) is 7.30. The molecule has 0 N–H and O–H groups in total. The molecule has 26 heavy (non-hydrogen) atoms. The average molecular weight is 349 g/mol. The summed E-state index contributed by atoms with van der Waals surface area (Å²) in [6, 6.07) is 11.7. The van der Waals surface area contributed by atoms with Crippen molar-refractivity contribution in [2.24, 2.45) is 0 Å². The minimum atomic E-state index is 0.168. The summed E-state index contributed by atoms with van der Waals surface area (Å²) in [5, 5.41) is 4.09. The minimum Gasteiger partial charge on any atom is -0.353 e. The molecule has 8 nitrogen and oxygen atoms in total. The number of nitrogens with zero attached hydrogens (tertiary/aromatic N) is 7. The van der Waals surface area contributed by atoms with Crippen LogP contribution in [0.1, 0.15) is 5.56 Å². The fraction of sp³-hybridized carbons (Fsp3) is 0.278. The first-order chi connectivity index (χ1) is 12.8. The summed E-state index contributed by atoms with van der Waals surface area (Å²) in [5.74, 6) is 1.68. The van der Waals surface area contributed by atoms with E-state index in [1.165, 1.54) is 12.7 Å². The van der Waals surface area contributed by atoms with Crippen LogP contribution in [0.25, 0.3) is 5.82 Å². The highest BCUT2D eigenvalue weighted by atomic mass is 16.2. The van der Waals surface area contributed by atoms with Crippen LogP contribution < -0.4 is 4.90 Å². The Bertz CT molecular complexity index is 858. The molecule has 3 heterocycles. The number of hydrogen-bond donors (Lipinski definition) is 0. The molecule has 1 saturated heterocycles. The van der Waals surface area contributed by atoms with Gasteiger partial charge in [-0.1, -0.05) is 30.3 Å². The van der Waals surface area contributed by atoms with Gasteiger partial charge >= 0.3 is 0 Å². The van der Waals surface area contributed by atoms with Gasteiger partial charge in [-0.05, 0) is 5.56 Å². The van der Waals surface area contributed by atoms with Crippen LogP contribution >= 0.6 is 0 Å². The lowest BCUT2D eigenvalue weighted by Crippen LogP contribution is -2.49. The van der Waals surface area contributed by atoms with E-state index in [4.69, 9.17) is 0 Å². The summed E-state index contributed by atoms with van der Waals surface area (Å²) >= 11 is 0. The number of benzene rings is 1. The first-order valence-corrected chi connectivity index (χ1v) is 8.53. The highest BCUT2D eigenvalue weighted by molar-refractivity contribution is 5.79. The zero-order valence-corrected chi connectivity index (χ0v) is 14.3. The molecule has 0 aliphatic carbocycles. The van der Waals surface area contributed by atoms with Crippen molar-refractivity contribution >= 4 is 11.7 Å². The third kappa shape index (κ3) is 3.53. The highest BCUT2D eigenvalue weighted by Crippen LogP contribution is 2.16. The van der Waals surface area contributed by atoms with E-state index in [1.807, 2.05) is 41.3 Å². The third-order valence-electron chi connectivity index (χ3n) is 4.45. The number of hydrogen-bond acceptors (Lipinski definition) is 6. The fourth-order valence-electron chi connectivity index (χ4n) is 3.03. The molecule has 8 heteroatoms. The van der Waals surface area contributed by atoms with Crippen molar-refractivity contribution in [1.29, 1.82) is 0 Å². The number of amides is 1. The quantitative estimate of drug-likeness (QED) is 0.698. The number of piperazine rings is 1. The maximum absolute atomic E-state index is 12.5. The Morgan fingerprint density at radius 2 is 1.73 bits per heavy atom. The molecule has 1 amide bonds. The van der Waals surface area contributed by atoms with Gasteiger partial charge in [-0.25, -0.2) is 19.6 Å². The van der Waals surface area contributed by atoms with Gasteiger partial charge in [-0.3, -0.25) is 4.79 Å². The monoisotopic (exact) mass is 349 g/mol. The van der Waals surface area contributed by atoms with Crippen molar-refractivity contribution in [3.63, 3.8) is 0 Å². The van der Waals surface area contributed by atoms with Gasteiger partial charge in [0.05, 0.1) is 6.42 Å². The number of rotatable bonds is 4. The van der Waals surface area contributed by atoms with Gasteiger partial charge < -0.3 is 9.80 Å². The topological polar surface area (TPSA) is 80.0 Å². The normalized spacial score (nSPS) is 14.5. The van der Waals surface area contributed by atoms with Crippen LogP contribution in [0.2, 0.25) is 0 Å². The van der Waals surface area contributed by atoms with E-state index in [2.05, 4.69) is 25.0 Å². The highest BCUT2D eigenvalue weighted by Gasteiger charge is 2.22. The van der Waals surface area contributed by atoms with Gasteiger partial charge in [0.2, 0.25) is 5.91 Å². The average Bonchev–Trinajstić information content (AvgIpc) is 3.24. The van der Waals surface area contributed by atoms with Crippen molar-refractivity contribution in [3.05, 3.63) is 60.9 Å². The molecule has 4 rings (SSSR count). The van der Waals surface area contributed by atoms with Crippen LogP contribution in [0.15, 0.2) is 55.4 Å². The first kappa shape index (κ1) is 16.2. The van der Waals surface area contributed by atoms with E-state index in [1.54, 1.807) is 11.0 Å². The Balaban J connectivity index is 1.38. The lowest BCUT2D eigenvalue weighted by atomic mass is 10.1. The Morgan fingerprint density at radius 3 is 2.46 bits per heavy atom. The molecule has 132 valence electrons. The summed E-state index contributed by atoms with van der Waals surface area (Å²) in [6.45, 7) is 2.87. The number of carbonyl (C=O) groups is 1. The van der Waals surface area contributed by atoms with E-state index in [-0.39, 0.29) is 5.91 Å². The lowest BCUT2D eigenvalue weighted by Gasteiger charge is -2.35.